The molecular formula is C18H19N3O4. The molecule has 1 N–H and O–H groups in total. The van der Waals surface area contributed by atoms with E-state index in [9.17, 15) is 9.90 Å². The number of pyridine rings is 1. The lowest BCUT2D eigenvalue weighted by atomic mass is 10.3. The molecule has 0 amide bonds. The average molecular weight is 341 g/mol. The average Bonchev–Trinajstić information content (AvgIpc) is 2.64. The highest BCUT2D eigenvalue weighted by Crippen LogP contribution is 2.17. The summed E-state index contributed by atoms with van der Waals surface area (Å²) in [7, 11) is 0. The molecule has 0 bridgehead atoms. The minimum atomic E-state index is -0.847. The molecule has 0 saturated carbocycles. The molecule has 2 aromatic heterocycles. The van der Waals surface area contributed by atoms with Crippen molar-refractivity contribution in [2.75, 3.05) is 13.2 Å². The molecule has 1 unspecified atom stereocenters. The Morgan fingerprint density at radius 2 is 1.84 bits per heavy atom. The van der Waals surface area contributed by atoms with Crippen LogP contribution in [0.25, 0.3) is 11.0 Å². The third kappa shape index (κ3) is 4.13. The van der Waals surface area contributed by atoms with Crippen molar-refractivity contribution in [3.05, 3.63) is 59.3 Å². The van der Waals surface area contributed by atoms with Crippen molar-refractivity contribution in [3.63, 3.8) is 0 Å². The third-order valence-corrected chi connectivity index (χ3v) is 3.58. The second kappa shape index (κ2) is 7.76. The Balaban J connectivity index is 1.62. The van der Waals surface area contributed by atoms with E-state index < -0.39 is 6.10 Å². The summed E-state index contributed by atoms with van der Waals surface area (Å²) in [5, 5.41) is 10.6. The van der Waals surface area contributed by atoms with Gasteiger partial charge in [-0.1, -0.05) is 0 Å². The van der Waals surface area contributed by atoms with E-state index in [1.165, 1.54) is 10.9 Å². The van der Waals surface area contributed by atoms with Crippen LogP contribution in [-0.4, -0.2) is 39.0 Å². The molecule has 3 rings (SSSR count). The fraction of sp³-hybridized carbons (Fsp3) is 0.278. The summed E-state index contributed by atoms with van der Waals surface area (Å²) in [5.74, 6) is 1.38. The zero-order valence-electron chi connectivity index (χ0n) is 13.8. The lowest BCUT2D eigenvalue weighted by molar-refractivity contribution is 0.0914. The third-order valence-electron chi connectivity index (χ3n) is 3.58. The van der Waals surface area contributed by atoms with Crippen LogP contribution < -0.4 is 15.0 Å². The fourth-order valence-corrected chi connectivity index (χ4v) is 2.40. The standard InChI is InChI=1S/C18H19N3O4/c1-2-24-14-5-7-15(8-6-14)25-11-13(22)10-21-12-20-17-16(18(21)23)4-3-9-19-17/h3-9,12-13,22H,2,10-11H2,1H3. The van der Waals surface area contributed by atoms with Crippen LogP contribution in [0.5, 0.6) is 11.5 Å². The molecule has 130 valence electrons. The maximum Gasteiger partial charge on any atom is 0.262 e. The zero-order chi connectivity index (χ0) is 17.6. The van der Waals surface area contributed by atoms with Crippen molar-refractivity contribution in [3.8, 4) is 11.5 Å². The first kappa shape index (κ1) is 16.9. The number of hydrogen-bond acceptors (Lipinski definition) is 6. The van der Waals surface area contributed by atoms with Crippen LogP contribution in [0.2, 0.25) is 0 Å². The van der Waals surface area contributed by atoms with E-state index in [1.807, 2.05) is 6.92 Å². The van der Waals surface area contributed by atoms with E-state index in [-0.39, 0.29) is 18.7 Å². The predicted octanol–water partition coefficient (Wildman–Crippen LogP) is 1.63. The van der Waals surface area contributed by atoms with E-state index in [0.717, 1.165) is 5.75 Å². The molecule has 0 fully saturated rings. The molecule has 0 aliphatic heterocycles. The molecule has 25 heavy (non-hydrogen) atoms. The van der Waals surface area contributed by atoms with Gasteiger partial charge in [0.1, 0.15) is 30.5 Å². The highest BCUT2D eigenvalue weighted by Gasteiger charge is 2.10. The minimum absolute atomic E-state index is 0.0610. The summed E-state index contributed by atoms with van der Waals surface area (Å²) >= 11 is 0. The van der Waals surface area contributed by atoms with E-state index in [4.69, 9.17) is 9.47 Å². The molecule has 2 heterocycles. The highest BCUT2D eigenvalue weighted by molar-refractivity contribution is 5.72. The molecular weight excluding hydrogens is 322 g/mol. The quantitative estimate of drug-likeness (QED) is 0.703. The van der Waals surface area contributed by atoms with E-state index in [0.29, 0.717) is 23.4 Å². The van der Waals surface area contributed by atoms with Gasteiger partial charge in [0.15, 0.2) is 5.65 Å². The Hall–Kier alpha value is -2.93. The van der Waals surface area contributed by atoms with Crippen molar-refractivity contribution in [2.45, 2.75) is 19.6 Å². The van der Waals surface area contributed by atoms with Crippen molar-refractivity contribution >= 4 is 11.0 Å². The molecule has 7 nitrogen and oxygen atoms in total. The van der Waals surface area contributed by atoms with E-state index in [2.05, 4.69) is 9.97 Å². The number of rotatable bonds is 7. The summed E-state index contributed by atoms with van der Waals surface area (Å²) < 4.78 is 12.3. The van der Waals surface area contributed by atoms with Crippen LogP contribution in [0.1, 0.15) is 6.92 Å². The Morgan fingerprint density at radius 3 is 2.56 bits per heavy atom. The van der Waals surface area contributed by atoms with Crippen molar-refractivity contribution in [1.82, 2.24) is 14.5 Å². The first-order valence-corrected chi connectivity index (χ1v) is 8.01. The molecule has 0 aliphatic rings. The van der Waals surface area contributed by atoms with Gasteiger partial charge in [0.05, 0.1) is 18.5 Å². The highest BCUT2D eigenvalue weighted by atomic mass is 16.5. The summed E-state index contributed by atoms with van der Waals surface area (Å²) in [6.45, 7) is 2.67. The number of ether oxygens (including phenoxy) is 2. The van der Waals surface area contributed by atoms with Gasteiger partial charge in [-0.25, -0.2) is 9.97 Å². The van der Waals surface area contributed by atoms with Crippen molar-refractivity contribution in [1.29, 1.82) is 0 Å². The summed E-state index contributed by atoms with van der Waals surface area (Å²) in [6, 6.07) is 10.5. The number of nitrogens with zero attached hydrogens (tertiary/aromatic N) is 3. The van der Waals surface area contributed by atoms with Gasteiger partial charge >= 0.3 is 0 Å². The fourth-order valence-electron chi connectivity index (χ4n) is 2.40. The lowest BCUT2D eigenvalue weighted by Crippen LogP contribution is -2.30. The minimum Gasteiger partial charge on any atom is -0.494 e. The van der Waals surface area contributed by atoms with Crippen LogP contribution in [0, 0.1) is 0 Å². The maximum absolute atomic E-state index is 12.4. The SMILES string of the molecule is CCOc1ccc(OCC(O)Cn2cnc3ncccc3c2=O)cc1. The number of hydrogen-bond donors (Lipinski definition) is 1. The van der Waals surface area contributed by atoms with Gasteiger partial charge in [-0.3, -0.25) is 9.36 Å². The van der Waals surface area contributed by atoms with Crippen molar-refractivity contribution < 1.29 is 14.6 Å². The van der Waals surface area contributed by atoms with Gasteiger partial charge in [-0.2, -0.15) is 0 Å². The van der Waals surface area contributed by atoms with Crippen LogP contribution in [0.15, 0.2) is 53.7 Å². The van der Waals surface area contributed by atoms with Gasteiger partial charge in [0.2, 0.25) is 0 Å². The predicted molar refractivity (Wildman–Crippen MR) is 92.9 cm³/mol. The van der Waals surface area contributed by atoms with E-state index in [1.54, 1.807) is 42.6 Å². The van der Waals surface area contributed by atoms with Crippen molar-refractivity contribution in [2.24, 2.45) is 0 Å². The monoisotopic (exact) mass is 341 g/mol. The molecule has 0 saturated heterocycles. The van der Waals surface area contributed by atoms with Gasteiger partial charge in [-0.05, 0) is 43.3 Å². The zero-order valence-corrected chi connectivity index (χ0v) is 13.8. The number of benzene rings is 1. The lowest BCUT2D eigenvalue weighted by Gasteiger charge is -2.14. The largest absolute Gasteiger partial charge is 0.494 e. The second-order valence-corrected chi connectivity index (χ2v) is 5.45. The Kier molecular flexibility index (Phi) is 5.25. The molecule has 0 radical (unpaired) electrons. The molecule has 1 aromatic carbocycles. The molecule has 1 atom stereocenters. The second-order valence-electron chi connectivity index (χ2n) is 5.45. The van der Waals surface area contributed by atoms with Crippen LogP contribution in [-0.2, 0) is 6.54 Å². The Morgan fingerprint density at radius 1 is 1.12 bits per heavy atom. The van der Waals surface area contributed by atoms with Gasteiger partial charge in [0, 0.05) is 6.20 Å². The summed E-state index contributed by atoms with van der Waals surface area (Å²) in [5.41, 5.74) is 0.155. The van der Waals surface area contributed by atoms with Gasteiger partial charge in [-0.15, -0.1) is 0 Å². The molecule has 7 heteroatoms. The number of aliphatic hydroxyl groups is 1. The normalized spacial score (nSPS) is 12.1. The van der Waals surface area contributed by atoms with Crippen LogP contribution in [0.3, 0.4) is 0 Å². The summed E-state index contributed by atoms with van der Waals surface area (Å²) in [6.07, 6.45) is 2.12. The molecule has 0 spiro atoms. The van der Waals surface area contributed by atoms with Crippen LogP contribution in [0.4, 0.5) is 0 Å². The first-order valence-electron chi connectivity index (χ1n) is 8.01. The van der Waals surface area contributed by atoms with Gasteiger partial charge in [0.25, 0.3) is 5.56 Å². The number of aliphatic hydroxyl groups excluding tert-OH is 1. The topological polar surface area (TPSA) is 86.5 Å². The van der Waals surface area contributed by atoms with Crippen LogP contribution >= 0.6 is 0 Å². The number of fused-ring (bicyclic) bond motifs is 1. The summed E-state index contributed by atoms with van der Waals surface area (Å²) in [4.78, 5) is 20.5. The Bertz CT molecular complexity index is 893. The van der Waals surface area contributed by atoms with Gasteiger partial charge < -0.3 is 14.6 Å². The Labute approximate surface area is 144 Å². The van der Waals surface area contributed by atoms with E-state index >= 15 is 0 Å². The maximum atomic E-state index is 12.4. The smallest absolute Gasteiger partial charge is 0.262 e. The first-order chi connectivity index (χ1) is 12.2. The molecule has 3 aromatic rings. The number of aromatic nitrogens is 3. The molecule has 0 aliphatic carbocycles.